The van der Waals surface area contributed by atoms with E-state index in [1.54, 1.807) is 7.11 Å². The Morgan fingerprint density at radius 1 is 0.966 bits per heavy atom. The van der Waals surface area contributed by atoms with E-state index < -0.39 is 0 Å². The zero-order valence-electron chi connectivity index (χ0n) is 16.9. The largest absolute Gasteiger partial charge is 0.497 e. The third-order valence-electron chi connectivity index (χ3n) is 5.70. The molecule has 0 spiro atoms. The van der Waals surface area contributed by atoms with E-state index in [9.17, 15) is 0 Å². The summed E-state index contributed by atoms with van der Waals surface area (Å²) in [6.45, 7) is 6.44. The van der Waals surface area contributed by atoms with Crippen molar-refractivity contribution in [2.75, 3.05) is 17.3 Å². The summed E-state index contributed by atoms with van der Waals surface area (Å²) in [5.41, 5.74) is 8.03. The summed E-state index contributed by atoms with van der Waals surface area (Å²) in [7, 11) is 1.70. The third kappa shape index (κ3) is 3.20. The first kappa shape index (κ1) is 17.7. The number of nitrogens with one attached hydrogen (secondary N) is 1. The highest BCUT2D eigenvalue weighted by Gasteiger charge is 2.23. The van der Waals surface area contributed by atoms with Crippen molar-refractivity contribution in [3.63, 3.8) is 0 Å². The maximum atomic E-state index is 5.36. The van der Waals surface area contributed by atoms with Crippen LogP contribution >= 0.6 is 0 Å². The molecule has 6 nitrogen and oxygen atoms in total. The normalized spacial score (nSPS) is 14.1. The summed E-state index contributed by atoms with van der Waals surface area (Å²) < 4.78 is 5.36. The molecular formula is C23H23N5O. The van der Waals surface area contributed by atoms with Crippen molar-refractivity contribution >= 4 is 23.7 Å². The maximum Gasteiger partial charge on any atom is 0.228 e. The lowest BCUT2D eigenvalue weighted by Gasteiger charge is -2.19. The lowest BCUT2D eigenvalue weighted by Crippen LogP contribution is -2.19. The molecule has 0 radical (unpaired) electrons. The molecular weight excluding hydrogens is 362 g/mol. The summed E-state index contributed by atoms with van der Waals surface area (Å²) in [5, 5.41) is 3.49. The van der Waals surface area contributed by atoms with Crippen LogP contribution in [-0.4, -0.2) is 23.3 Å². The van der Waals surface area contributed by atoms with Gasteiger partial charge in [-0.1, -0.05) is 12.1 Å². The molecule has 6 heteroatoms. The van der Waals surface area contributed by atoms with Gasteiger partial charge in [0.2, 0.25) is 5.95 Å². The first-order valence-electron chi connectivity index (χ1n) is 9.76. The number of aromatic nitrogens is 2. The Morgan fingerprint density at radius 3 is 2.66 bits per heavy atom. The first-order valence-corrected chi connectivity index (χ1v) is 9.76. The quantitative estimate of drug-likeness (QED) is 0.726. The van der Waals surface area contributed by atoms with Crippen molar-refractivity contribution in [1.82, 2.24) is 9.97 Å². The molecule has 3 heterocycles. The van der Waals surface area contributed by atoms with Crippen molar-refractivity contribution in [3.05, 3.63) is 69.9 Å². The summed E-state index contributed by atoms with van der Waals surface area (Å²) in [4.78, 5) is 16.2. The standard InChI is InChI=1S/C23H23N5O/c1-14-15(2)25-23(28-12-17-5-7-21(29-3)9-19(17)13-28)27-22(14)26-20-6-4-16-10-24-11-18(16)8-20/h4-9,11H,10,12-13H2,1-3H3,(H,25,26,27). The molecule has 2 aliphatic heterocycles. The van der Waals surface area contributed by atoms with Gasteiger partial charge < -0.3 is 15.0 Å². The van der Waals surface area contributed by atoms with Gasteiger partial charge >= 0.3 is 0 Å². The predicted octanol–water partition coefficient (Wildman–Crippen LogP) is 4.30. The van der Waals surface area contributed by atoms with Crippen LogP contribution in [0.4, 0.5) is 17.5 Å². The highest BCUT2D eigenvalue weighted by Crippen LogP contribution is 2.31. The molecule has 1 N–H and O–H groups in total. The minimum atomic E-state index is 0.744. The van der Waals surface area contributed by atoms with Gasteiger partial charge in [0.05, 0.1) is 13.7 Å². The summed E-state index contributed by atoms with van der Waals surface area (Å²) in [5.74, 6) is 2.47. The van der Waals surface area contributed by atoms with Gasteiger partial charge in [-0.2, -0.15) is 4.98 Å². The molecule has 2 aliphatic rings. The van der Waals surface area contributed by atoms with Gasteiger partial charge in [-0.3, -0.25) is 4.99 Å². The minimum absolute atomic E-state index is 0.744. The van der Waals surface area contributed by atoms with Gasteiger partial charge in [-0.25, -0.2) is 4.98 Å². The Morgan fingerprint density at radius 2 is 1.79 bits per heavy atom. The molecule has 0 saturated heterocycles. The fourth-order valence-corrected chi connectivity index (χ4v) is 3.83. The van der Waals surface area contributed by atoms with Crippen LogP contribution in [0.5, 0.6) is 5.75 Å². The fraction of sp³-hybridized carbons (Fsp3) is 0.261. The van der Waals surface area contributed by atoms with Crippen LogP contribution in [0.15, 0.2) is 41.4 Å². The number of aryl methyl sites for hydroxylation is 1. The van der Waals surface area contributed by atoms with Crippen LogP contribution in [-0.2, 0) is 19.6 Å². The number of nitrogens with zero attached hydrogens (tertiary/aromatic N) is 4. The number of methoxy groups -OCH3 is 1. The van der Waals surface area contributed by atoms with Crippen LogP contribution < -0.4 is 15.0 Å². The Bertz CT molecular complexity index is 1140. The molecule has 0 unspecified atom stereocenters. The second kappa shape index (κ2) is 6.88. The molecule has 0 fully saturated rings. The van der Waals surface area contributed by atoms with Gasteiger partial charge in [-0.15, -0.1) is 0 Å². The number of hydrogen-bond donors (Lipinski definition) is 1. The van der Waals surface area contributed by atoms with Crippen molar-refractivity contribution in [1.29, 1.82) is 0 Å². The van der Waals surface area contributed by atoms with E-state index in [0.717, 1.165) is 54.1 Å². The topological polar surface area (TPSA) is 62.6 Å². The Balaban J connectivity index is 1.44. The van der Waals surface area contributed by atoms with E-state index >= 15 is 0 Å². The molecule has 2 aromatic carbocycles. The number of benzene rings is 2. The molecule has 0 amide bonds. The van der Waals surface area contributed by atoms with Gasteiger partial charge in [-0.05, 0) is 60.4 Å². The zero-order chi connectivity index (χ0) is 20.0. The van der Waals surface area contributed by atoms with Crippen molar-refractivity contribution in [2.45, 2.75) is 33.5 Å². The van der Waals surface area contributed by atoms with Crippen LogP contribution in [0.3, 0.4) is 0 Å². The molecule has 29 heavy (non-hydrogen) atoms. The van der Waals surface area contributed by atoms with Gasteiger partial charge in [0.15, 0.2) is 0 Å². The number of hydrogen-bond acceptors (Lipinski definition) is 6. The van der Waals surface area contributed by atoms with Crippen LogP contribution in [0, 0.1) is 13.8 Å². The number of aliphatic imine (C=N–C) groups is 1. The molecule has 0 atom stereocenters. The van der Waals surface area contributed by atoms with E-state index in [0.29, 0.717) is 0 Å². The predicted molar refractivity (Wildman–Crippen MR) is 115 cm³/mol. The van der Waals surface area contributed by atoms with E-state index in [2.05, 4.69) is 52.5 Å². The zero-order valence-corrected chi connectivity index (χ0v) is 16.9. The van der Waals surface area contributed by atoms with Crippen molar-refractivity contribution in [2.24, 2.45) is 4.99 Å². The highest BCUT2D eigenvalue weighted by molar-refractivity contribution is 5.86. The molecule has 0 saturated carbocycles. The lowest BCUT2D eigenvalue weighted by atomic mass is 10.1. The Hall–Kier alpha value is -3.41. The number of anilines is 3. The Kier molecular flexibility index (Phi) is 4.19. The van der Waals surface area contributed by atoms with E-state index in [4.69, 9.17) is 14.7 Å². The Labute approximate surface area is 170 Å². The third-order valence-corrected chi connectivity index (χ3v) is 5.70. The minimum Gasteiger partial charge on any atom is -0.497 e. The maximum absolute atomic E-state index is 5.36. The van der Waals surface area contributed by atoms with Gasteiger partial charge in [0, 0.05) is 36.2 Å². The molecule has 1 aromatic heterocycles. The second-order valence-electron chi connectivity index (χ2n) is 7.58. The first-order chi connectivity index (χ1) is 14.1. The SMILES string of the molecule is COc1ccc2c(c1)CN(c1nc(C)c(C)c(Nc3ccc4c(c3)C=NC4)n1)C2. The average molecular weight is 385 g/mol. The van der Waals surface area contributed by atoms with Gasteiger partial charge in [0.25, 0.3) is 0 Å². The second-order valence-corrected chi connectivity index (χ2v) is 7.58. The summed E-state index contributed by atoms with van der Waals surface area (Å²) in [6, 6.07) is 12.6. The van der Waals surface area contributed by atoms with E-state index in [1.807, 2.05) is 19.2 Å². The van der Waals surface area contributed by atoms with E-state index in [-0.39, 0.29) is 0 Å². The molecule has 0 bridgehead atoms. The monoisotopic (exact) mass is 385 g/mol. The summed E-state index contributed by atoms with van der Waals surface area (Å²) >= 11 is 0. The highest BCUT2D eigenvalue weighted by atomic mass is 16.5. The molecule has 0 aliphatic carbocycles. The summed E-state index contributed by atoms with van der Waals surface area (Å²) in [6.07, 6.45) is 1.93. The smallest absolute Gasteiger partial charge is 0.228 e. The van der Waals surface area contributed by atoms with Gasteiger partial charge in [0.1, 0.15) is 11.6 Å². The number of rotatable bonds is 4. The molecule has 146 valence electrons. The van der Waals surface area contributed by atoms with E-state index in [1.165, 1.54) is 22.3 Å². The van der Waals surface area contributed by atoms with Crippen molar-refractivity contribution < 1.29 is 4.74 Å². The lowest BCUT2D eigenvalue weighted by molar-refractivity contribution is 0.414. The van der Waals surface area contributed by atoms with Crippen LogP contribution in [0.25, 0.3) is 0 Å². The van der Waals surface area contributed by atoms with Crippen LogP contribution in [0.1, 0.15) is 33.5 Å². The fourth-order valence-electron chi connectivity index (χ4n) is 3.83. The molecule has 3 aromatic rings. The van der Waals surface area contributed by atoms with Crippen molar-refractivity contribution in [3.8, 4) is 5.75 Å². The number of ether oxygens (including phenoxy) is 1. The number of fused-ring (bicyclic) bond motifs is 2. The van der Waals surface area contributed by atoms with Crippen LogP contribution in [0.2, 0.25) is 0 Å². The average Bonchev–Trinajstić information content (AvgIpc) is 3.36. The molecule has 5 rings (SSSR count).